The largest absolute Gasteiger partial charge is 0.379 e. The van der Waals surface area contributed by atoms with Gasteiger partial charge in [-0.1, -0.05) is 0 Å². The zero-order chi connectivity index (χ0) is 9.68. The van der Waals surface area contributed by atoms with Crippen LogP contribution in [0.2, 0.25) is 0 Å². The minimum Gasteiger partial charge on any atom is -0.379 e. The Morgan fingerprint density at radius 3 is 2.77 bits per heavy atom. The normalized spacial score (nSPS) is 21.1. The van der Waals surface area contributed by atoms with E-state index in [-0.39, 0.29) is 11.3 Å². The molecule has 0 aromatic heterocycles. The summed E-state index contributed by atoms with van der Waals surface area (Å²) in [5.74, 6) is 0.0319. The van der Waals surface area contributed by atoms with E-state index in [2.05, 4.69) is 22.8 Å². The Bertz CT molecular complexity index is 170. The molecule has 5 heteroatoms. The highest BCUT2D eigenvalue weighted by atomic mass is 32.1. The predicted octanol–water partition coefficient (Wildman–Crippen LogP) is -0.289. The minimum atomic E-state index is -0.0754. The number of rotatable bonds is 3. The van der Waals surface area contributed by atoms with Gasteiger partial charge in [-0.15, -0.1) is 0 Å². The Kier molecular flexibility index (Phi) is 4.55. The Hall–Kier alpha value is -0.260. The second kappa shape index (κ2) is 5.47. The summed E-state index contributed by atoms with van der Waals surface area (Å²) in [4.78, 5) is 13.4. The molecule has 1 rings (SSSR count). The molecular weight excluding hydrogens is 188 g/mol. The van der Waals surface area contributed by atoms with Crippen molar-refractivity contribution in [3.63, 3.8) is 0 Å². The zero-order valence-electron chi connectivity index (χ0n) is 7.82. The number of nitrogens with zero attached hydrogens (tertiary/aromatic N) is 1. The monoisotopic (exact) mass is 204 g/mol. The molecule has 0 spiro atoms. The molecule has 1 N–H and O–H groups in total. The summed E-state index contributed by atoms with van der Waals surface area (Å²) >= 11 is 4.08. The maximum atomic E-state index is 11.3. The first-order valence-electron chi connectivity index (χ1n) is 4.46. The first-order chi connectivity index (χ1) is 6.18. The highest BCUT2D eigenvalue weighted by molar-refractivity contribution is 7.80. The molecule has 1 saturated heterocycles. The van der Waals surface area contributed by atoms with Crippen molar-refractivity contribution in [1.82, 2.24) is 10.2 Å². The Morgan fingerprint density at radius 2 is 2.23 bits per heavy atom. The second-order valence-electron chi connectivity index (χ2n) is 3.13. The number of morpholine rings is 1. The van der Waals surface area contributed by atoms with E-state index in [4.69, 9.17) is 4.74 Å². The van der Waals surface area contributed by atoms with E-state index in [0.717, 1.165) is 26.3 Å². The third kappa shape index (κ3) is 4.50. The number of amides is 1. The second-order valence-corrected chi connectivity index (χ2v) is 3.91. The third-order valence-electron chi connectivity index (χ3n) is 1.84. The molecule has 1 aliphatic rings. The molecular formula is C8H16N2O2S. The van der Waals surface area contributed by atoms with E-state index < -0.39 is 0 Å². The zero-order valence-corrected chi connectivity index (χ0v) is 8.72. The molecule has 0 aliphatic carbocycles. The quantitative estimate of drug-likeness (QED) is 0.490. The molecule has 0 saturated carbocycles. The number of hydrogen-bond donors (Lipinski definition) is 2. The molecule has 1 heterocycles. The van der Waals surface area contributed by atoms with Crippen molar-refractivity contribution < 1.29 is 9.53 Å². The predicted molar refractivity (Wildman–Crippen MR) is 53.8 cm³/mol. The maximum Gasteiger partial charge on any atom is 0.235 e. The fourth-order valence-electron chi connectivity index (χ4n) is 1.24. The summed E-state index contributed by atoms with van der Waals surface area (Å²) in [6, 6.07) is 0. The fraction of sp³-hybridized carbons (Fsp3) is 0.875. The van der Waals surface area contributed by atoms with Crippen LogP contribution < -0.4 is 5.32 Å². The molecule has 1 aliphatic heterocycles. The van der Waals surface area contributed by atoms with Gasteiger partial charge in [-0.25, -0.2) is 0 Å². The number of carbonyl (C=O) groups is 1. The van der Waals surface area contributed by atoms with Gasteiger partial charge in [-0.2, -0.15) is 12.6 Å². The molecule has 76 valence electrons. The summed E-state index contributed by atoms with van der Waals surface area (Å²) in [6.45, 7) is 5.42. The molecule has 0 unspecified atom stereocenters. The molecule has 0 aromatic carbocycles. The van der Waals surface area contributed by atoms with Gasteiger partial charge >= 0.3 is 0 Å². The van der Waals surface area contributed by atoms with Crippen LogP contribution in [0.3, 0.4) is 0 Å². The number of ether oxygens (including phenoxy) is 1. The summed E-state index contributed by atoms with van der Waals surface area (Å²) in [5.41, 5.74) is 0. The lowest BCUT2D eigenvalue weighted by Gasteiger charge is -2.26. The van der Waals surface area contributed by atoms with E-state index in [1.165, 1.54) is 0 Å². The highest BCUT2D eigenvalue weighted by Crippen LogP contribution is 1.96. The van der Waals surface area contributed by atoms with Crippen molar-refractivity contribution >= 4 is 18.5 Å². The van der Waals surface area contributed by atoms with Crippen LogP contribution in [0.5, 0.6) is 0 Å². The highest BCUT2D eigenvalue weighted by Gasteiger charge is 2.14. The molecule has 13 heavy (non-hydrogen) atoms. The van der Waals surface area contributed by atoms with Gasteiger partial charge in [0.05, 0.1) is 25.1 Å². The Balaban J connectivity index is 2.18. The van der Waals surface area contributed by atoms with E-state index in [1.807, 2.05) is 6.92 Å². The lowest BCUT2D eigenvalue weighted by Crippen LogP contribution is -2.44. The average molecular weight is 204 g/mol. The summed E-state index contributed by atoms with van der Waals surface area (Å²) in [5, 5.41) is 2.66. The van der Waals surface area contributed by atoms with Gasteiger partial charge in [0.25, 0.3) is 0 Å². The van der Waals surface area contributed by atoms with Crippen LogP contribution in [0.1, 0.15) is 6.92 Å². The first kappa shape index (κ1) is 10.8. The van der Waals surface area contributed by atoms with Gasteiger partial charge in [0.2, 0.25) is 5.91 Å². The molecule has 1 fully saturated rings. The van der Waals surface area contributed by atoms with E-state index in [0.29, 0.717) is 6.54 Å². The molecule has 4 nitrogen and oxygen atoms in total. The molecule has 1 atom stereocenters. The van der Waals surface area contributed by atoms with Gasteiger partial charge in [0.15, 0.2) is 0 Å². The lowest BCUT2D eigenvalue weighted by atomic mass is 10.4. The molecule has 0 bridgehead atoms. The smallest absolute Gasteiger partial charge is 0.235 e. The fourth-order valence-corrected chi connectivity index (χ4v) is 1.38. The number of thiol groups is 1. The standard InChI is InChI=1S/C8H16N2O2S/c1-7(13)9-8(11)6-10-2-4-12-5-3-10/h7,13H,2-6H2,1H3,(H,9,11)/t7-/m0/s1. The van der Waals surface area contributed by atoms with Crippen molar-refractivity contribution in [3.05, 3.63) is 0 Å². The summed E-state index contributed by atoms with van der Waals surface area (Å²) < 4.78 is 5.17. The minimum absolute atomic E-state index is 0.0319. The molecule has 1 amide bonds. The van der Waals surface area contributed by atoms with Crippen molar-refractivity contribution in [3.8, 4) is 0 Å². The van der Waals surface area contributed by atoms with Crippen LogP contribution in [0.15, 0.2) is 0 Å². The van der Waals surface area contributed by atoms with E-state index >= 15 is 0 Å². The lowest BCUT2D eigenvalue weighted by molar-refractivity contribution is -0.123. The van der Waals surface area contributed by atoms with Crippen molar-refractivity contribution in [2.45, 2.75) is 12.3 Å². The van der Waals surface area contributed by atoms with E-state index in [9.17, 15) is 4.79 Å². The SMILES string of the molecule is C[C@H](S)NC(=O)CN1CCOCC1. The van der Waals surface area contributed by atoms with Crippen molar-refractivity contribution in [2.24, 2.45) is 0 Å². The third-order valence-corrected chi connectivity index (χ3v) is 1.97. The van der Waals surface area contributed by atoms with Gasteiger partial charge in [0, 0.05) is 13.1 Å². The Morgan fingerprint density at radius 1 is 1.62 bits per heavy atom. The first-order valence-corrected chi connectivity index (χ1v) is 4.97. The van der Waals surface area contributed by atoms with Crippen LogP contribution in [0.4, 0.5) is 0 Å². The van der Waals surface area contributed by atoms with Crippen LogP contribution >= 0.6 is 12.6 Å². The Labute approximate surface area is 84.0 Å². The van der Waals surface area contributed by atoms with Crippen LogP contribution in [-0.4, -0.2) is 49.0 Å². The average Bonchev–Trinajstić information content (AvgIpc) is 2.04. The van der Waals surface area contributed by atoms with Gasteiger partial charge < -0.3 is 10.1 Å². The van der Waals surface area contributed by atoms with Gasteiger partial charge in [-0.3, -0.25) is 9.69 Å². The maximum absolute atomic E-state index is 11.3. The van der Waals surface area contributed by atoms with Gasteiger partial charge in [0.1, 0.15) is 0 Å². The number of nitrogens with one attached hydrogen (secondary N) is 1. The summed E-state index contributed by atoms with van der Waals surface area (Å²) in [7, 11) is 0. The molecule has 0 aromatic rings. The topological polar surface area (TPSA) is 41.6 Å². The number of hydrogen-bond acceptors (Lipinski definition) is 4. The van der Waals surface area contributed by atoms with Crippen molar-refractivity contribution in [1.29, 1.82) is 0 Å². The molecule has 0 radical (unpaired) electrons. The van der Waals surface area contributed by atoms with E-state index in [1.54, 1.807) is 0 Å². The van der Waals surface area contributed by atoms with Gasteiger partial charge in [-0.05, 0) is 6.92 Å². The van der Waals surface area contributed by atoms with Crippen LogP contribution in [-0.2, 0) is 9.53 Å². The van der Waals surface area contributed by atoms with Crippen LogP contribution in [0, 0.1) is 0 Å². The summed E-state index contributed by atoms with van der Waals surface area (Å²) in [6.07, 6.45) is 0. The number of carbonyl (C=O) groups excluding carboxylic acids is 1. The van der Waals surface area contributed by atoms with Crippen LogP contribution in [0.25, 0.3) is 0 Å². The van der Waals surface area contributed by atoms with Crippen molar-refractivity contribution in [2.75, 3.05) is 32.8 Å².